The maximum absolute atomic E-state index is 13.7. The van der Waals surface area contributed by atoms with Crippen LogP contribution in [0.2, 0.25) is 0 Å². The Morgan fingerprint density at radius 2 is 1.51 bits per heavy atom. The van der Waals surface area contributed by atoms with Gasteiger partial charge in [-0.1, -0.05) is 77.9 Å². The second kappa shape index (κ2) is 20.1. The predicted molar refractivity (Wildman–Crippen MR) is 203 cm³/mol. The number of pyridine rings is 1. The van der Waals surface area contributed by atoms with Gasteiger partial charge in [0.05, 0.1) is 26.4 Å². The molecule has 1 aliphatic heterocycles. The van der Waals surface area contributed by atoms with Gasteiger partial charge in [-0.25, -0.2) is 4.98 Å². The first-order valence-corrected chi connectivity index (χ1v) is 19.7. The summed E-state index contributed by atoms with van der Waals surface area (Å²) in [6.07, 6.45) is 3.67. The molecule has 1 saturated heterocycles. The highest BCUT2D eigenvalue weighted by atomic mass is 33.1. The number of ether oxygens (including phenoxy) is 3. The molecule has 5 rings (SSSR count). The first-order chi connectivity index (χ1) is 24.9. The van der Waals surface area contributed by atoms with Crippen molar-refractivity contribution in [1.29, 1.82) is 0 Å². The van der Waals surface area contributed by atoms with E-state index in [9.17, 15) is 14.7 Å². The number of unbranched alkanes of at least 4 members (excludes halogenated alkanes) is 2. The summed E-state index contributed by atoms with van der Waals surface area (Å²) < 4.78 is 17.9. The molecule has 0 saturated carbocycles. The van der Waals surface area contributed by atoms with Crippen molar-refractivity contribution in [2.75, 3.05) is 33.1 Å². The minimum atomic E-state index is -0.648. The highest BCUT2D eigenvalue weighted by molar-refractivity contribution is 8.76. The van der Waals surface area contributed by atoms with Gasteiger partial charge in [0.15, 0.2) is 0 Å². The monoisotopic (exact) mass is 729 g/mol. The maximum Gasteiger partial charge on any atom is 0.223 e. The molecular weight excluding hydrogens is 683 g/mol. The quantitative estimate of drug-likeness (QED) is 0.0753. The van der Waals surface area contributed by atoms with E-state index >= 15 is 0 Å². The molecule has 3 aromatic carbocycles. The molecule has 0 spiro atoms. The molecule has 0 aliphatic carbocycles. The molecule has 0 bridgehead atoms. The highest BCUT2D eigenvalue weighted by Gasteiger charge is 2.41. The normalized spacial score (nSPS) is 16.2. The molecule has 4 aromatic rings. The van der Waals surface area contributed by atoms with E-state index in [2.05, 4.69) is 10.3 Å². The van der Waals surface area contributed by atoms with E-state index in [1.54, 1.807) is 42.0 Å². The van der Waals surface area contributed by atoms with Gasteiger partial charge in [0.1, 0.15) is 28.7 Å². The minimum absolute atomic E-state index is 0.00186. The van der Waals surface area contributed by atoms with Crippen LogP contribution in [0.3, 0.4) is 0 Å². The smallest absolute Gasteiger partial charge is 0.223 e. The van der Waals surface area contributed by atoms with E-state index in [1.807, 2.05) is 102 Å². The van der Waals surface area contributed by atoms with Crippen LogP contribution in [0.15, 0.2) is 108 Å². The summed E-state index contributed by atoms with van der Waals surface area (Å²) in [5.74, 6) is 2.23. The standard InChI is InChI=1S/C40H47N3O6S2/c1-47-33-19-15-30(16-20-33)39(31-17-21-34(48-2)22-18-31)49-40(29-11-5-3-6-12-29)35-27-32(44)28-43(35)38(46)14-7-4-9-24-41-36(45)23-26-50-51-37-13-8-10-25-42-37/h3,5-6,8,10-13,15-22,25,32,35,39-40,44H,4,7,9,14,23-24,26-28H2,1-2H3,(H,41,45). The summed E-state index contributed by atoms with van der Waals surface area (Å²) in [7, 11) is 6.47. The van der Waals surface area contributed by atoms with E-state index < -0.39 is 18.3 Å². The minimum Gasteiger partial charge on any atom is -0.497 e. The molecule has 3 unspecified atom stereocenters. The van der Waals surface area contributed by atoms with Crippen molar-refractivity contribution in [1.82, 2.24) is 15.2 Å². The molecule has 9 nitrogen and oxygen atoms in total. The van der Waals surface area contributed by atoms with Crippen LogP contribution in [0.4, 0.5) is 0 Å². The molecule has 1 aliphatic rings. The van der Waals surface area contributed by atoms with E-state index in [1.165, 1.54) is 0 Å². The van der Waals surface area contributed by atoms with Gasteiger partial charge in [0.2, 0.25) is 11.8 Å². The fraction of sp³-hybridized carbons (Fsp3) is 0.375. The second-order valence-electron chi connectivity index (χ2n) is 12.4. The molecule has 3 atom stereocenters. The third kappa shape index (κ3) is 11.5. The fourth-order valence-electron chi connectivity index (χ4n) is 6.18. The van der Waals surface area contributed by atoms with E-state index in [0.717, 1.165) is 46.1 Å². The third-order valence-electron chi connectivity index (χ3n) is 8.82. The lowest BCUT2D eigenvalue weighted by atomic mass is 9.96. The number of β-amino-alcohol motifs (C(OH)–C–C–N with tert-alkyl or cyclic N) is 1. The number of methoxy groups -OCH3 is 2. The molecule has 51 heavy (non-hydrogen) atoms. The van der Waals surface area contributed by atoms with Crippen LogP contribution in [0.5, 0.6) is 11.5 Å². The van der Waals surface area contributed by atoms with Gasteiger partial charge >= 0.3 is 0 Å². The number of amides is 2. The molecule has 11 heteroatoms. The number of nitrogens with one attached hydrogen (secondary N) is 1. The number of benzene rings is 3. The average molecular weight is 730 g/mol. The van der Waals surface area contributed by atoms with Gasteiger partial charge in [0, 0.05) is 37.9 Å². The van der Waals surface area contributed by atoms with Gasteiger partial charge in [-0.15, -0.1) is 0 Å². The van der Waals surface area contributed by atoms with Crippen LogP contribution in [-0.2, 0) is 14.3 Å². The lowest BCUT2D eigenvalue weighted by Gasteiger charge is -2.35. The Morgan fingerprint density at radius 3 is 2.14 bits per heavy atom. The number of hydrogen-bond acceptors (Lipinski definition) is 9. The van der Waals surface area contributed by atoms with Crippen LogP contribution in [0.1, 0.15) is 67.4 Å². The summed E-state index contributed by atoms with van der Waals surface area (Å²) in [5.41, 5.74) is 2.81. The number of aliphatic hydroxyl groups excluding tert-OH is 1. The number of hydrogen-bond donors (Lipinski definition) is 2. The number of likely N-dealkylation sites (tertiary alicyclic amines) is 1. The maximum atomic E-state index is 13.7. The SMILES string of the molecule is COc1ccc(C(OC(c2ccccc2)C2CC(O)CN2C(=O)CCCCCNC(=O)CCSSc2ccccn2)c2ccc(OC)cc2)cc1. The van der Waals surface area contributed by atoms with Crippen LogP contribution >= 0.6 is 21.6 Å². The number of aromatic nitrogens is 1. The first kappa shape index (κ1) is 38.2. The molecule has 1 aromatic heterocycles. The topological polar surface area (TPSA) is 110 Å². The molecule has 1 fully saturated rings. The predicted octanol–water partition coefficient (Wildman–Crippen LogP) is 7.42. The summed E-state index contributed by atoms with van der Waals surface area (Å²) in [5, 5.41) is 14.8. The molecule has 2 N–H and O–H groups in total. The van der Waals surface area contributed by atoms with Gasteiger partial charge in [-0.2, -0.15) is 0 Å². The largest absolute Gasteiger partial charge is 0.497 e. The van der Waals surface area contributed by atoms with Crippen LogP contribution in [-0.4, -0.2) is 72.0 Å². The lowest BCUT2D eigenvalue weighted by Crippen LogP contribution is -2.40. The molecule has 2 amide bonds. The second-order valence-corrected chi connectivity index (χ2v) is 14.8. The zero-order chi connectivity index (χ0) is 35.8. The van der Waals surface area contributed by atoms with Crippen molar-refractivity contribution in [2.24, 2.45) is 0 Å². The Kier molecular flexibility index (Phi) is 15.1. The van der Waals surface area contributed by atoms with Crippen LogP contribution < -0.4 is 14.8 Å². The first-order valence-electron chi connectivity index (χ1n) is 17.4. The Balaban J connectivity index is 1.19. The number of aliphatic hydroxyl groups is 1. The number of nitrogens with zero attached hydrogens (tertiary/aromatic N) is 2. The van der Waals surface area contributed by atoms with Crippen LogP contribution in [0.25, 0.3) is 0 Å². The highest BCUT2D eigenvalue weighted by Crippen LogP contribution is 2.40. The summed E-state index contributed by atoms with van der Waals surface area (Å²) >= 11 is 0. The number of rotatable bonds is 19. The molecular formula is C40H47N3O6S2. The average Bonchev–Trinajstić information content (AvgIpc) is 3.57. The van der Waals surface area contributed by atoms with E-state index in [-0.39, 0.29) is 24.4 Å². The van der Waals surface area contributed by atoms with Gasteiger partial charge < -0.3 is 29.5 Å². The lowest BCUT2D eigenvalue weighted by molar-refractivity contribution is -0.136. The Bertz CT molecular complexity index is 1580. The zero-order valence-electron chi connectivity index (χ0n) is 29.2. The fourth-order valence-corrected chi connectivity index (χ4v) is 8.04. The zero-order valence-corrected chi connectivity index (χ0v) is 30.8. The third-order valence-corrected chi connectivity index (χ3v) is 11.1. The molecule has 2 heterocycles. The van der Waals surface area contributed by atoms with Gasteiger partial charge in [-0.3, -0.25) is 9.59 Å². The number of carbonyl (C=O) groups is 2. The molecule has 0 radical (unpaired) electrons. The summed E-state index contributed by atoms with van der Waals surface area (Å²) in [6, 6.07) is 31.0. The Morgan fingerprint density at radius 1 is 0.843 bits per heavy atom. The van der Waals surface area contributed by atoms with Crippen molar-refractivity contribution in [2.45, 2.75) is 67.9 Å². The van der Waals surface area contributed by atoms with E-state index in [4.69, 9.17) is 14.2 Å². The number of carbonyl (C=O) groups excluding carboxylic acids is 2. The molecule has 270 valence electrons. The summed E-state index contributed by atoms with van der Waals surface area (Å²) in [4.78, 5) is 32.1. The summed E-state index contributed by atoms with van der Waals surface area (Å²) in [6.45, 7) is 0.844. The van der Waals surface area contributed by atoms with Crippen LogP contribution in [0, 0.1) is 0 Å². The van der Waals surface area contributed by atoms with Crippen molar-refractivity contribution in [3.63, 3.8) is 0 Å². The van der Waals surface area contributed by atoms with Crippen molar-refractivity contribution in [3.8, 4) is 11.5 Å². The van der Waals surface area contributed by atoms with Gasteiger partial charge in [0.25, 0.3) is 0 Å². The van der Waals surface area contributed by atoms with Crippen molar-refractivity contribution >= 4 is 33.4 Å². The van der Waals surface area contributed by atoms with Crippen molar-refractivity contribution < 1.29 is 28.9 Å². The Labute approximate surface area is 308 Å². The van der Waals surface area contributed by atoms with Crippen molar-refractivity contribution in [3.05, 3.63) is 120 Å². The van der Waals surface area contributed by atoms with E-state index in [0.29, 0.717) is 38.0 Å². The Hall–Kier alpha value is -4.03. The van der Waals surface area contributed by atoms with Gasteiger partial charge in [-0.05, 0) is 83.1 Å².